The number of fused-ring (bicyclic) bond motifs is 1. The van der Waals surface area contributed by atoms with Gasteiger partial charge in [-0.15, -0.1) is 5.10 Å². The maximum absolute atomic E-state index is 12.7. The van der Waals surface area contributed by atoms with E-state index in [9.17, 15) is 4.79 Å². The molecule has 1 amide bonds. The van der Waals surface area contributed by atoms with E-state index in [2.05, 4.69) is 29.4 Å². The molecule has 0 radical (unpaired) electrons. The zero-order valence-corrected chi connectivity index (χ0v) is 15.6. The van der Waals surface area contributed by atoms with Gasteiger partial charge in [-0.25, -0.2) is 4.68 Å². The Hall–Kier alpha value is -2.09. The molecule has 1 aromatic heterocycles. The summed E-state index contributed by atoms with van der Waals surface area (Å²) < 4.78 is 7.05. The summed E-state index contributed by atoms with van der Waals surface area (Å²) in [7, 11) is 1.66. The zero-order valence-electron chi connectivity index (χ0n) is 14.8. The third-order valence-electron chi connectivity index (χ3n) is 4.07. The molecular weight excluding hydrogens is 338 g/mol. The molecule has 7 nitrogen and oxygen atoms in total. The second kappa shape index (κ2) is 7.86. The van der Waals surface area contributed by atoms with E-state index in [0.29, 0.717) is 16.8 Å². The highest BCUT2D eigenvalue weighted by Gasteiger charge is 2.23. The lowest BCUT2D eigenvalue weighted by Gasteiger charge is -2.29. The van der Waals surface area contributed by atoms with Crippen LogP contribution in [0.3, 0.4) is 0 Å². The Balaban J connectivity index is 1.68. The van der Waals surface area contributed by atoms with Gasteiger partial charge in [0.25, 0.3) is 0 Å². The van der Waals surface area contributed by atoms with Crippen LogP contribution in [0.15, 0.2) is 23.4 Å². The molecule has 0 bridgehead atoms. The Kier molecular flexibility index (Phi) is 5.57. The van der Waals surface area contributed by atoms with Gasteiger partial charge in [-0.3, -0.25) is 4.79 Å². The highest BCUT2D eigenvalue weighted by Crippen LogP contribution is 2.31. The molecule has 0 saturated heterocycles. The molecule has 2 aromatic rings. The monoisotopic (exact) mass is 361 g/mol. The molecule has 0 spiro atoms. The van der Waals surface area contributed by atoms with E-state index in [1.807, 2.05) is 23.1 Å². The summed E-state index contributed by atoms with van der Waals surface area (Å²) in [6.07, 6.45) is 1.93. The summed E-state index contributed by atoms with van der Waals surface area (Å²) in [6, 6.07) is 5.89. The molecule has 0 atom stereocenters. The molecule has 0 saturated carbocycles. The van der Waals surface area contributed by atoms with E-state index < -0.39 is 0 Å². The number of methoxy groups -OCH3 is 1. The predicted octanol–water partition coefficient (Wildman–Crippen LogP) is 2.41. The summed E-state index contributed by atoms with van der Waals surface area (Å²) in [5, 5.41) is 12.4. The lowest BCUT2D eigenvalue weighted by molar-refractivity contribution is -0.116. The predicted molar refractivity (Wildman–Crippen MR) is 97.0 cm³/mol. The van der Waals surface area contributed by atoms with Crippen LogP contribution in [0.1, 0.15) is 25.8 Å². The van der Waals surface area contributed by atoms with Gasteiger partial charge >= 0.3 is 0 Å². The van der Waals surface area contributed by atoms with Crippen molar-refractivity contribution in [2.24, 2.45) is 5.92 Å². The molecule has 0 fully saturated rings. The van der Waals surface area contributed by atoms with Crippen molar-refractivity contribution in [1.82, 2.24) is 20.2 Å². The van der Waals surface area contributed by atoms with Crippen LogP contribution in [0.4, 0.5) is 5.69 Å². The van der Waals surface area contributed by atoms with Gasteiger partial charge in [0, 0.05) is 18.8 Å². The molecule has 134 valence electrons. The van der Waals surface area contributed by atoms with Crippen LogP contribution in [-0.4, -0.2) is 45.5 Å². The number of hydrogen-bond acceptors (Lipinski definition) is 6. The maximum Gasteiger partial charge on any atom is 0.237 e. The Labute approximate surface area is 151 Å². The number of carbonyl (C=O) groups is 1. The maximum atomic E-state index is 12.7. The van der Waals surface area contributed by atoms with Gasteiger partial charge in [-0.05, 0) is 52.9 Å². The number of anilines is 1. The van der Waals surface area contributed by atoms with Crippen LogP contribution in [0.5, 0.6) is 5.75 Å². The number of carbonyl (C=O) groups excluding carboxylic acids is 1. The minimum Gasteiger partial charge on any atom is -0.497 e. The second-order valence-corrected chi connectivity index (χ2v) is 7.41. The fourth-order valence-corrected chi connectivity index (χ4v) is 3.69. The van der Waals surface area contributed by atoms with E-state index in [1.165, 1.54) is 11.8 Å². The van der Waals surface area contributed by atoms with Crippen LogP contribution >= 0.6 is 11.8 Å². The summed E-state index contributed by atoms with van der Waals surface area (Å²) >= 11 is 1.39. The number of ether oxygens (including phenoxy) is 1. The lowest BCUT2D eigenvalue weighted by Crippen LogP contribution is -2.36. The average Bonchev–Trinajstić information content (AvgIpc) is 3.04. The first kappa shape index (κ1) is 17.7. The summed E-state index contributed by atoms with van der Waals surface area (Å²) in [4.78, 5) is 14.6. The highest BCUT2D eigenvalue weighted by molar-refractivity contribution is 7.99. The fraction of sp³-hybridized carbons (Fsp3) is 0.529. The molecule has 1 aromatic carbocycles. The SMILES string of the molecule is COc1ccc2c(c1)CCCN2C(=O)CSc1nnnn1CC(C)C. The third kappa shape index (κ3) is 4.12. The van der Waals surface area contributed by atoms with Crippen molar-refractivity contribution in [1.29, 1.82) is 0 Å². The van der Waals surface area contributed by atoms with Crippen molar-refractivity contribution in [3.05, 3.63) is 23.8 Å². The van der Waals surface area contributed by atoms with Gasteiger partial charge < -0.3 is 9.64 Å². The van der Waals surface area contributed by atoms with Crippen LogP contribution in [0.25, 0.3) is 0 Å². The smallest absolute Gasteiger partial charge is 0.237 e. The first-order valence-electron chi connectivity index (χ1n) is 8.44. The van der Waals surface area contributed by atoms with E-state index in [1.54, 1.807) is 11.8 Å². The normalized spacial score (nSPS) is 13.8. The van der Waals surface area contributed by atoms with Crippen molar-refractivity contribution >= 4 is 23.4 Å². The lowest BCUT2D eigenvalue weighted by atomic mass is 10.0. The molecule has 3 rings (SSSR count). The number of rotatable bonds is 6. The van der Waals surface area contributed by atoms with E-state index in [0.717, 1.165) is 42.9 Å². The van der Waals surface area contributed by atoms with E-state index >= 15 is 0 Å². The fourth-order valence-electron chi connectivity index (χ4n) is 2.92. The first-order valence-corrected chi connectivity index (χ1v) is 9.43. The highest BCUT2D eigenvalue weighted by atomic mass is 32.2. The average molecular weight is 361 g/mol. The number of nitrogens with zero attached hydrogens (tertiary/aromatic N) is 5. The number of thioether (sulfide) groups is 1. The molecular formula is C17H23N5O2S. The largest absolute Gasteiger partial charge is 0.497 e. The van der Waals surface area contributed by atoms with E-state index in [4.69, 9.17) is 4.74 Å². The number of tetrazole rings is 1. The number of benzene rings is 1. The van der Waals surface area contributed by atoms with Gasteiger partial charge in [-0.1, -0.05) is 25.6 Å². The van der Waals surface area contributed by atoms with Gasteiger partial charge in [0.05, 0.1) is 12.9 Å². The Morgan fingerprint density at radius 1 is 1.40 bits per heavy atom. The minimum atomic E-state index is 0.0789. The molecule has 0 unspecified atom stereocenters. The second-order valence-electron chi connectivity index (χ2n) is 6.47. The van der Waals surface area contributed by atoms with Crippen LogP contribution in [0, 0.1) is 5.92 Å². The van der Waals surface area contributed by atoms with E-state index in [-0.39, 0.29) is 5.91 Å². The van der Waals surface area contributed by atoms with Crippen molar-refractivity contribution in [2.45, 2.75) is 38.4 Å². The first-order chi connectivity index (χ1) is 12.1. The third-order valence-corrected chi connectivity index (χ3v) is 5.01. The van der Waals surface area contributed by atoms with Gasteiger partial charge in [0.2, 0.25) is 11.1 Å². The summed E-state index contributed by atoms with van der Waals surface area (Å²) in [5.74, 6) is 1.68. The van der Waals surface area contributed by atoms with Crippen LogP contribution in [-0.2, 0) is 17.8 Å². The summed E-state index contributed by atoms with van der Waals surface area (Å²) in [6.45, 7) is 5.71. The number of amides is 1. The van der Waals surface area contributed by atoms with Crippen molar-refractivity contribution in [2.75, 3.05) is 24.3 Å². The Morgan fingerprint density at radius 2 is 2.24 bits per heavy atom. The molecule has 25 heavy (non-hydrogen) atoms. The van der Waals surface area contributed by atoms with Crippen molar-refractivity contribution in [3.8, 4) is 5.75 Å². The standard InChI is InChI=1S/C17H23N5O2S/c1-12(2)10-22-17(18-19-20-22)25-11-16(23)21-8-4-5-13-9-14(24-3)6-7-15(13)21/h6-7,9,12H,4-5,8,10-11H2,1-3H3. The summed E-state index contributed by atoms with van der Waals surface area (Å²) in [5.41, 5.74) is 2.15. The molecule has 8 heteroatoms. The molecule has 2 heterocycles. The number of aromatic nitrogens is 4. The minimum absolute atomic E-state index is 0.0789. The Bertz CT molecular complexity index is 746. The van der Waals surface area contributed by atoms with Gasteiger partial charge in [0.15, 0.2) is 0 Å². The van der Waals surface area contributed by atoms with Crippen molar-refractivity contribution in [3.63, 3.8) is 0 Å². The van der Waals surface area contributed by atoms with Crippen LogP contribution in [0.2, 0.25) is 0 Å². The zero-order chi connectivity index (χ0) is 17.8. The number of aryl methyl sites for hydroxylation is 1. The molecule has 0 aliphatic carbocycles. The van der Waals surface area contributed by atoms with Crippen molar-refractivity contribution < 1.29 is 9.53 Å². The Morgan fingerprint density at radius 3 is 3.00 bits per heavy atom. The van der Waals surface area contributed by atoms with Gasteiger partial charge in [0.1, 0.15) is 5.75 Å². The number of hydrogen-bond donors (Lipinski definition) is 0. The molecule has 0 N–H and O–H groups in total. The molecule has 1 aliphatic heterocycles. The molecule has 1 aliphatic rings. The van der Waals surface area contributed by atoms with Crippen LogP contribution < -0.4 is 9.64 Å². The van der Waals surface area contributed by atoms with Gasteiger partial charge in [-0.2, -0.15) is 0 Å². The quantitative estimate of drug-likeness (QED) is 0.736. The topological polar surface area (TPSA) is 73.1 Å².